The van der Waals surface area contributed by atoms with Gasteiger partial charge in [-0.3, -0.25) is 0 Å². The molecule has 0 heterocycles. The lowest BCUT2D eigenvalue weighted by molar-refractivity contribution is 0.0598. The van der Waals surface area contributed by atoms with Crippen LogP contribution < -0.4 is 10.5 Å². The van der Waals surface area contributed by atoms with Crippen molar-refractivity contribution in [1.82, 2.24) is 0 Å². The zero-order chi connectivity index (χ0) is 13.8. The molecule has 2 rings (SSSR count). The summed E-state index contributed by atoms with van der Waals surface area (Å²) in [5, 5.41) is 0. The van der Waals surface area contributed by atoms with Crippen molar-refractivity contribution in [3.8, 4) is 11.5 Å². The number of carbonyl (C=O) groups excluding carboxylic acids is 1. The van der Waals surface area contributed by atoms with Crippen LogP contribution in [-0.4, -0.2) is 13.1 Å². The summed E-state index contributed by atoms with van der Waals surface area (Å²) in [5.41, 5.74) is 7.63. The van der Waals surface area contributed by atoms with Crippen molar-refractivity contribution >= 4 is 11.7 Å². The average molecular weight is 257 g/mol. The predicted octanol–water partition coefficient (Wildman–Crippen LogP) is 3.16. The minimum absolute atomic E-state index is 0.309. The number of esters is 1. The van der Waals surface area contributed by atoms with Gasteiger partial charge in [0.25, 0.3) is 0 Å². The number of hydrogen-bond acceptors (Lipinski definition) is 4. The van der Waals surface area contributed by atoms with Gasteiger partial charge in [-0.05, 0) is 36.8 Å². The smallest absolute Gasteiger partial charge is 0.341 e. The molecule has 0 atom stereocenters. The first-order valence-corrected chi connectivity index (χ1v) is 5.83. The van der Waals surface area contributed by atoms with Crippen LogP contribution in [0.5, 0.6) is 11.5 Å². The number of nitrogens with two attached hydrogens (primary N) is 1. The monoisotopic (exact) mass is 257 g/mol. The minimum atomic E-state index is -0.477. The Kier molecular flexibility index (Phi) is 3.71. The molecular formula is C15H15NO3. The van der Waals surface area contributed by atoms with E-state index in [1.54, 1.807) is 24.3 Å². The van der Waals surface area contributed by atoms with Gasteiger partial charge < -0.3 is 15.2 Å². The number of methoxy groups -OCH3 is 1. The molecule has 0 fully saturated rings. The van der Waals surface area contributed by atoms with Crippen LogP contribution >= 0.6 is 0 Å². The van der Waals surface area contributed by atoms with Gasteiger partial charge in [-0.2, -0.15) is 0 Å². The molecule has 2 aromatic carbocycles. The number of para-hydroxylation sites is 1. The summed E-state index contributed by atoms with van der Waals surface area (Å²) in [7, 11) is 1.32. The van der Waals surface area contributed by atoms with Crippen LogP contribution in [0.3, 0.4) is 0 Å². The van der Waals surface area contributed by atoms with Gasteiger partial charge in [0.15, 0.2) is 5.75 Å². The average Bonchev–Trinajstić information content (AvgIpc) is 2.40. The van der Waals surface area contributed by atoms with Crippen LogP contribution in [0.4, 0.5) is 5.69 Å². The Bertz CT molecular complexity index is 608. The Balaban J connectivity index is 2.41. The van der Waals surface area contributed by atoms with Crippen LogP contribution in [0.25, 0.3) is 0 Å². The third-order valence-corrected chi connectivity index (χ3v) is 2.66. The molecule has 0 spiro atoms. The summed E-state index contributed by atoms with van der Waals surface area (Å²) >= 11 is 0. The fraction of sp³-hybridized carbons (Fsp3) is 0.133. The second kappa shape index (κ2) is 5.44. The highest BCUT2D eigenvalue weighted by Crippen LogP contribution is 2.32. The molecule has 4 nitrogen and oxygen atoms in total. The molecule has 0 aliphatic carbocycles. The van der Waals surface area contributed by atoms with Crippen molar-refractivity contribution in [2.45, 2.75) is 6.92 Å². The van der Waals surface area contributed by atoms with E-state index in [0.717, 1.165) is 5.56 Å². The van der Waals surface area contributed by atoms with Gasteiger partial charge in [0, 0.05) is 0 Å². The first-order valence-electron chi connectivity index (χ1n) is 5.83. The highest BCUT2D eigenvalue weighted by atomic mass is 16.5. The third kappa shape index (κ3) is 2.85. The van der Waals surface area contributed by atoms with E-state index in [2.05, 4.69) is 0 Å². The van der Waals surface area contributed by atoms with Gasteiger partial charge in [0.05, 0.1) is 12.8 Å². The van der Waals surface area contributed by atoms with Crippen LogP contribution in [0.2, 0.25) is 0 Å². The van der Waals surface area contributed by atoms with Gasteiger partial charge in [-0.25, -0.2) is 4.79 Å². The third-order valence-electron chi connectivity index (χ3n) is 2.66. The van der Waals surface area contributed by atoms with Gasteiger partial charge in [0.1, 0.15) is 11.3 Å². The molecule has 19 heavy (non-hydrogen) atoms. The van der Waals surface area contributed by atoms with Gasteiger partial charge in [-0.15, -0.1) is 0 Å². The van der Waals surface area contributed by atoms with Crippen molar-refractivity contribution in [1.29, 1.82) is 0 Å². The Labute approximate surface area is 111 Å². The van der Waals surface area contributed by atoms with E-state index >= 15 is 0 Å². The van der Waals surface area contributed by atoms with Crippen LogP contribution in [0.1, 0.15) is 15.9 Å². The maximum absolute atomic E-state index is 11.7. The molecule has 4 heteroatoms. The zero-order valence-electron chi connectivity index (χ0n) is 10.8. The molecular weight excluding hydrogens is 242 g/mol. The summed E-state index contributed by atoms with van der Waals surface area (Å²) < 4.78 is 10.4. The summed E-state index contributed by atoms with van der Waals surface area (Å²) in [6.45, 7) is 1.96. The number of ether oxygens (including phenoxy) is 2. The highest BCUT2D eigenvalue weighted by Gasteiger charge is 2.16. The minimum Gasteiger partial charge on any atom is -0.465 e. The Morgan fingerprint density at radius 2 is 1.89 bits per heavy atom. The van der Waals surface area contributed by atoms with Crippen molar-refractivity contribution in [3.05, 3.63) is 53.6 Å². The van der Waals surface area contributed by atoms with E-state index in [4.69, 9.17) is 15.2 Å². The summed E-state index contributed by atoms with van der Waals surface area (Å²) in [6.07, 6.45) is 0. The van der Waals surface area contributed by atoms with Crippen LogP contribution in [0.15, 0.2) is 42.5 Å². The van der Waals surface area contributed by atoms with Gasteiger partial charge in [-0.1, -0.05) is 18.2 Å². The molecule has 0 bridgehead atoms. The maximum Gasteiger partial charge on any atom is 0.341 e. The Morgan fingerprint density at radius 3 is 2.58 bits per heavy atom. The maximum atomic E-state index is 11.7. The van der Waals surface area contributed by atoms with E-state index in [1.807, 2.05) is 25.1 Å². The van der Waals surface area contributed by atoms with E-state index in [1.165, 1.54) is 7.11 Å². The molecule has 2 aromatic rings. The van der Waals surface area contributed by atoms with Crippen molar-refractivity contribution in [2.24, 2.45) is 0 Å². The summed E-state index contributed by atoms with van der Waals surface area (Å²) in [4.78, 5) is 11.7. The second-order valence-corrected chi connectivity index (χ2v) is 4.13. The molecule has 0 unspecified atom stereocenters. The predicted molar refractivity (Wildman–Crippen MR) is 73.4 cm³/mol. The standard InChI is InChI=1S/C15H15NO3/c1-10-5-3-6-11(9-10)19-14-12(15(17)18-2)7-4-8-13(14)16/h3-9H,16H2,1-2H3. The van der Waals surface area contributed by atoms with Crippen molar-refractivity contribution in [2.75, 3.05) is 12.8 Å². The quantitative estimate of drug-likeness (QED) is 0.677. The first-order chi connectivity index (χ1) is 9.11. The zero-order valence-corrected chi connectivity index (χ0v) is 10.8. The van der Waals surface area contributed by atoms with Crippen LogP contribution in [-0.2, 0) is 4.74 Å². The fourth-order valence-electron chi connectivity index (χ4n) is 1.74. The number of anilines is 1. The number of rotatable bonds is 3. The topological polar surface area (TPSA) is 61.5 Å². The molecule has 0 aliphatic rings. The van der Waals surface area contributed by atoms with Crippen molar-refractivity contribution in [3.63, 3.8) is 0 Å². The molecule has 0 radical (unpaired) electrons. The highest BCUT2D eigenvalue weighted by molar-refractivity contribution is 5.94. The SMILES string of the molecule is COC(=O)c1cccc(N)c1Oc1cccc(C)c1. The number of hydrogen-bond donors (Lipinski definition) is 1. The number of nitrogen functional groups attached to an aromatic ring is 1. The van der Waals surface area contributed by atoms with Crippen molar-refractivity contribution < 1.29 is 14.3 Å². The second-order valence-electron chi connectivity index (χ2n) is 4.13. The van der Waals surface area contributed by atoms with E-state index in [0.29, 0.717) is 22.7 Å². The fourth-order valence-corrected chi connectivity index (χ4v) is 1.74. The Hall–Kier alpha value is -2.49. The van der Waals surface area contributed by atoms with Gasteiger partial charge >= 0.3 is 5.97 Å². The largest absolute Gasteiger partial charge is 0.465 e. The first kappa shape index (κ1) is 13.0. The van der Waals surface area contributed by atoms with Crippen LogP contribution in [0, 0.1) is 6.92 Å². The number of aryl methyl sites for hydroxylation is 1. The van der Waals surface area contributed by atoms with E-state index < -0.39 is 5.97 Å². The van der Waals surface area contributed by atoms with Gasteiger partial charge in [0.2, 0.25) is 0 Å². The lowest BCUT2D eigenvalue weighted by atomic mass is 10.1. The molecule has 2 N–H and O–H groups in total. The molecule has 0 aromatic heterocycles. The summed E-state index contributed by atoms with van der Waals surface area (Å²) in [6, 6.07) is 12.5. The molecule has 0 amide bonds. The summed E-state index contributed by atoms with van der Waals surface area (Å²) in [5.74, 6) is 0.470. The normalized spacial score (nSPS) is 10.0. The molecule has 0 aliphatic heterocycles. The molecule has 98 valence electrons. The number of carbonyl (C=O) groups is 1. The molecule has 0 saturated heterocycles. The lowest BCUT2D eigenvalue weighted by Crippen LogP contribution is -2.05. The molecule has 0 saturated carbocycles. The van der Waals surface area contributed by atoms with E-state index in [-0.39, 0.29) is 0 Å². The lowest BCUT2D eigenvalue weighted by Gasteiger charge is -2.12. The van der Waals surface area contributed by atoms with E-state index in [9.17, 15) is 4.79 Å². The Morgan fingerprint density at radius 1 is 1.16 bits per heavy atom. The number of benzene rings is 2.